The second-order valence-corrected chi connectivity index (χ2v) is 5.86. The molecule has 0 fully saturated rings. The van der Waals surface area contributed by atoms with Crippen molar-refractivity contribution in [2.45, 2.75) is 26.4 Å². The van der Waals surface area contributed by atoms with Gasteiger partial charge in [-0.05, 0) is 43.2 Å². The van der Waals surface area contributed by atoms with Gasteiger partial charge in [0.1, 0.15) is 6.10 Å². The van der Waals surface area contributed by atoms with Gasteiger partial charge in [-0.25, -0.2) is 4.79 Å². The summed E-state index contributed by atoms with van der Waals surface area (Å²) in [6.07, 6.45) is 0.287. The predicted octanol–water partition coefficient (Wildman–Crippen LogP) is 3.62. The van der Waals surface area contributed by atoms with E-state index < -0.39 is 0 Å². The van der Waals surface area contributed by atoms with E-state index in [0.29, 0.717) is 30.6 Å². The first-order valence-electron chi connectivity index (χ1n) is 8.32. The summed E-state index contributed by atoms with van der Waals surface area (Å²) in [5.41, 5.74) is 3.02. The monoisotopic (exact) mass is 323 g/mol. The van der Waals surface area contributed by atoms with Crippen LogP contribution in [0.2, 0.25) is 0 Å². The Labute approximate surface area is 142 Å². The summed E-state index contributed by atoms with van der Waals surface area (Å²) < 4.78 is 5.55. The maximum absolute atomic E-state index is 12.5. The van der Waals surface area contributed by atoms with E-state index >= 15 is 0 Å². The number of nitrogens with zero attached hydrogens (tertiary/aromatic N) is 1. The highest BCUT2D eigenvalue weighted by Crippen LogP contribution is 2.31. The van der Waals surface area contributed by atoms with Crippen molar-refractivity contribution < 1.29 is 14.3 Å². The summed E-state index contributed by atoms with van der Waals surface area (Å²) in [6.45, 7) is 5.26. The average molecular weight is 323 g/mol. The molecule has 1 heterocycles. The third-order valence-corrected chi connectivity index (χ3v) is 4.45. The van der Waals surface area contributed by atoms with Gasteiger partial charge in [-0.2, -0.15) is 0 Å². The van der Waals surface area contributed by atoms with Gasteiger partial charge >= 0.3 is 5.97 Å². The van der Waals surface area contributed by atoms with E-state index in [1.54, 1.807) is 17.0 Å². The van der Waals surface area contributed by atoms with E-state index in [1.165, 1.54) is 0 Å². The molecule has 1 aliphatic rings. The number of benzene rings is 2. The minimum Gasteiger partial charge on any atom is -0.454 e. The summed E-state index contributed by atoms with van der Waals surface area (Å²) in [4.78, 5) is 26.6. The first kappa shape index (κ1) is 16.2. The van der Waals surface area contributed by atoms with Crippen LogP contribution in [-0.4, -0.2) is 29.9 Å². The Kier molecular flexibility index (Phi) is 4.65. The lowest BCUT2D eigenvalue weighted by Crippen LogP contribution is -2.31. The van der Waals surface area contributed by atoms with Crippen LogP contribution >= 0.6 is 0 Å². The van der Waals surface area contributed by atoms with Gasteiger partial charge in [0.05, 0.1) is 5.56 Å². The molecule has 0 unspecified atom stereocenters. The zero-order chi connectivity index (χ0) is 17.1. The molecule has 4 heteroatoms. The summed E-state index contributed by atoms with van der Waals surface area (Å²) in [6, 6.07) is 15.0. The molecule has 1 aliphatic heterocycles. The van der Waals surface area contributed by atoms with Crippen molar-refractivity contribution >= 4 is 11.9 Å². The number of cyclic esters (lactones) is 1. The molecule has 0 aromatic heterocycles. The van der Waals surface area contributed by atoms with Crippen molar-refractivity contribution in [2.24, 2.45) is 0 Å². The molecule has 0 radical (unpaired) electrons. The van der Waals surface area contributed by atoms with Crippen LogP contribution in [0.1, 0.15) is 51.8 Å². The van der Waals surface area contributed by atoms with Crippen molar-refractivity contribution in [3.63, 3.8) is 0 Å². The molecular weight excluding hydrogens is 302 g/mol. The highest BCUT2D eigenvalue weighted by atomic mass is 16.5. The fraction of sp³-hybridized carbons (Fsp3) is 0.300. The van der Waals surface area contributed by atoms with Crippen molar-refractivity contribution in [3.05, 3.63) is 70.8 Å². The normalized spacial score (nSPS) is 16.2. The molecule has 0 bridgehead atoms. The molecule has 124 valence electrons. The molecule has 0 N–H and O–H groups in total. The Hall–Kier alpha value is -2.62. The zero-order valence-corrected chi connectivity index (χ0v) is 14.0. The second kappa shape index (κ2) is 6.87. The van der Waals surface area contributed by atoms with Gasteiger partial charge in [-0.15, -0.1) is 0 Å². The summed E-state index contributed by atoms with van der Waals surface area (Å²) in [5.74, 6) is -0.329. The molecule has 0 saturated carbocycles. The number of hydrogen-bond acceptors (Lipinski definition) is 3. The zero-order valence-electron chi connectivity index (χ0n) is 14.0. The van der Waals surface area contributed by atoms with E-state index in [1.807, 2.05) is 50.2 Å². The van der Waals surface area contributed by atoms with Crippen LogP contribution in [0.5, 0.6) is 0 Å². The lowest BCUT2D eigenvalue weighted by atomic mass is 9.93. The fourth-order valence-electron chi connectivity index (χ4n) is 3.08. The molecule has 4 nitrogen and oxygen atoms in total. The molecule has 0 aliphatic carbocycles. The van der Waals surface area contributed by atoms with Crippen LogP contribution < -0.4 is 0 Å². The standard InChI is InChI=1S/C20H21NO3/c1-3-21(4-2)19(22)15-10-11-17-16(12-15)13-18(24-20(17)23)14-8-6-5-7-9-14/h5-12,18H,3-4,13H2,1-2H3/t18-/m0/s1. The van der Waals surface area contributed by atoms with Crippen LogP contribution in [-0.2, 0) is 11.2 Å². The summed E-state index contributed by atoms with van der Waals surface area (Å²) >= 11 is 0. The first-order chi connectivity index (χ1) is 11.6. The molecule has 1 atom stereocenters. The fourth-order valence-corrected chi connectivity index (χ4v) is 3.08. The van der Waals surface area contributed by atoms with E-state index in [9.17, 15) is 9.59 Å². The largest absolute Gasteiger partial charge is 0.454 e. The number of ether oxygens (including phenoxy) is 1. The summed E-state index contributed by atoms with van der Waals surface area (Å²) in [5, 5.41) is 0. The van der Waals surface area contributed by atoms with E-state index in [4.69, 9.17) is 4.74 Å². The number of rotatable bonds is 4. The minimum absolute atomic E-state index is 0.00185. The van der Waals surface area contributed by atoms with Crippen LogP contribution in [0.15, 0.2) is 48.5 Å². The molecule has 1 amide bonds. The van der Waals surface area contributed by atoms with Crippen molar-refractivity contribution in [2.75, 3.05) is 13.1 Å². The lowest BCUT2D eigenvalue weighted by molar-refractivity contribution is 0.0252. The molecular formula is C20H21NO3. The second-order valence-electron chi connectivity index (χ2n) is 5.86. The van der Waals surface area contributed by atoms with Gasteiger partial charge in [-0.3, -0.25) is 4.79 Å². The highest BCUT2D eigenvalue weighted by molar-refractivity contribution is 5.97. The lowest BCUT2D eigenvalue weighted by Gasteiger charge is -2.26. The predicted molar refractivity (Wildman–Crippen MR) is 92.0 cm³/mol. The van der Waals surface area contributed by atoms with Crippen molar-refractivity contribution in [1.82, 2.24) is 4.90 Å². The van der Waals surface area contributed by atoms with Crippen LogP contribution in [0.25, 0.3) is 0 Å². The third-order valence-electron chi connectivity index (χ3n) is 4.45. The Balaban J connectivity index is 1.92. The van der Waals surface area contributed by atoms with Crippen LogP contribution in [0, 0.1) is 0 Å². The Bertz CT molecular complexity index is 751. The minimum atomic E-state index is -0.327. The Morgan fingerprint density at radius 3 is 2.50 bits per heavy atom. The van der Waals surface area contributed by atoms with E-state index in [0.717, 1.165) is 11.1 Å². The number of esters is 1. The molecule has 3 rings (SSSR count). The number of hydrogen-bond donors (Lipinski definition) is 0. The Morgan fingerprint density at radius 2 is 1.83 bits per heavy atom. The molecule has 24 heavy (non-hydrogen) atoms. The van der Waals surface area contributed by atoms with Gasteiger partial charge in [0.25, 0.3) is 5.91 Å². The number of fused-ring (bicyclic) bond motifs is 1. The SMILES string of the molecule is CCN(CC)C(=O)c1ccc2c(c1)C[C@@H](c1ccccc1)OC2=O. The Morgan fingerprint density at radius 1 is 1.12 bits per heavy atom. The maximum Gasteiger partial charge on any atom is 0.339 e. The topological polar surface area (TPSA) is 46.6 Å². The highest BCUT2D eigenvalue weighted by Gasteiger charge is 2.28. The molecule has 2 aromatic rings. The average Bonchev–Trinajstić information content (AvgIpc) is 2.63. The van der Waals surface area contributed by atoms with Crippen molar-refractivity contribution in [3.8, 4) is 0 Å². The van der Waals surface area contributed by atoms with E-state index in [2.05, 4.69) is 0 Å². The molecule has 2 aromatic carbocycles. The molecule has 0 saturated heterocycles. The van der Waals surface area contributed by atoms with Gasteiger partial charge < -0.3 is 9.64 Å². The maximum atomic E-state index is 12.5. The third kappa shape index (κ3) is 3.04. The number of carbonyl (C=O) groups is 2. The smallest absolute Gasteiger partial charge is 0.339 e. The van der Waals surface area contributed by atoms with Crippen molar-refractivity contribution in [1.29, 1.82) is 0 Å². The van der Waals surface area contributed by atoms with Gasteiger partial charge in [0.15, 0.2) is 0 Å². The van der Waals surface area contributed by atoms with E-state index in [-0.39, 0.29) is 18.0 Å². The molecule has 0 spiro atoms. The van der Waals surface area contributed by atoms with Crippen LogP contribution in [0.4, 0.5) is 0 Å². The quantitative estimate of drug-likeness (QED) is 0.807. The van der Waals surface area contributed by atoms with Gasteiger partial charge in [0, 0.05) is 25.1 Å². The number of carbonyl (C=O) groups excluding carboxylic acids is 2. The van der Waals surface area contributed by atoms with Gasteiger partial charge in [-0.1, -0.05) is 30.3 Å². The summed E-state index contributed by atoms with van der Waals surface area (Å²) in [7, 11) is 0. The van der Waals surface area contributed by atoms with Crippen LogP contribution in [0.3, 0.4) is 0 Å². The first-order valence-corrected chi connectivity index (χ1v) is 8.32. The van der Waals surface area contributed by atoms with Gasteiger partial charge in [0.2, 0.25) is 0 Å². The number of amides is 1.